The molecule has 2 N–H and O–H groups in total. The largest absolute Gasteiger partial charge is 0.369 e. The molecular formula is C19H25N3O3. The summed E-state index contributed by atoms with van der Waals surface area (Å²) in [4.78, 5) is 39.9. The van der Waals surface area contributed by atoms with E-state index in [1.165, 1.54) is 5.56 Å². The van der Waals surface area contributed by atoms with Gasteiger partial charge >= 0.3 is 0 Å². The Bertz CT molecular complexity index is 708. The summed E-state index contributed by atoms with van der Waals surface area (Å²) >= 11 is 0. The van der Waals surface area contributed by atoms with Gasteiger partial charge in [-0.1, -0.05) is 6.07 Å². The van der Waals surface area contributed by atoms with Gasteiger partial charge in [-0.3, -0.25) is 14.4 Å². The molecule has 3 rings (SSSR count). The number of benzene rings is 1. The number of piperidine rings is 1. The molecule has 6 heteroatoms. The van der Waals surface area contributed by atoms with E-state index in [0.717, 1.165) is 11.3 Å². The zero-order chi connectivity index (χ0) is 18.1. The van der Waals surface area contributed by atoms with E-state index < -0.39 is 0 Å². The number of amides is 3. The normalized spacial score (nSPS) is 21.7. The van der Waals surface area contributed by atoms with Gasteiger partial charge in [0.05, 0.1) is 5.92 Å². The van der Waals surface area contributed by atoms with Crippen molar-refractivity contribution in [2.24, 2.45) is 17.6 Å². The van der Waals surface area contributed by atoms with Crippen molar-refractivity contribution in [3.05, 3.63) is 29.3 Å². The van der Waals surface area contributed by atoms with Gasteiger partial charge in [-0.25, -0.2) is 0 Å². The van der Waals surface area contributed by atoms with Gasteiger partial charge in [0.1, 0.15) is 0 Å². The SMILES string of the molecule is Cc1ccc(N2CC(C(=O)N3CCC(C(N)=O)CC3)CC2=O)cc1C. The maximum Gasteiger partial charge on any atom is 0.228 e. The Morgan fingerprint density at radius 3 is 2.36 bits per heavy atom. The van der Waals surface area contributed by atoms with E-state index in [1.54, 1.807) is 9.80 Å². The van der Waals surface area contributed by atoms with Gasteiger partial charge in [0.15, 0.2) is 0 Å². The van der Waals surface area contributed by atoms with Crippen molar-refractivity contribution in [1.29, 1.82) is 0 Å². The summed E-state index contributed by atoms with van der Waals surface area (Å²) in [7, 11) is 0. The van der Waals surface area contributed by atoms with Gasteiger partial charge in [-0.2, -0.15) is 0 Å². The molecule has 2 aliphatic heterocycles. The monoisotopic (exact) mass is 343 g/mol. The minimum atomic E-state index is -0.306. The molecule has 2 saturated heterocycles. The van der Waals surface area contributed by atoms with Crippen molar-refractivity contribution in [2.75, 3.05) is 24.5 Å². The van der Waals surface area contributed by atoms with Crippen LogP contribution in [0.5, 0.6) is 0 Å². The van der Waals surface area contributed by atoms with Gasteiger partial charge < -0.3 is 15.5 Å². The summed E-state index contributed by atoms with van der Waals surface area (Å²) in [5.74, 6) is -0.721. The Morgan fingerprint density at radius 2 is 1.76 bits per heavy atom. The molecule has 6 nitrogen and oxygen atoms in total. The maximum atomic E-state index is 12.8. The van der Waals surface area contributed by atoms with Crippen LogP contribution in [0.2, 0.25) is 0 Å². The first-order valence-corrected chi connectivity index (χ1v) is 8.82. The van der Waals surface area contributed by atoms with Crippen molar-refractivity contribution in [2.45, 2.75) is 33.1 Å². The van der Waals surface area contributed by atoms with Crippen LogP contribution in [0.4, 0.5) is 5.69 Å². The molecule has 0 aromatic heterocycles. The number of nitrogens with zero attached hydrogens (tertiary/aromatic N) is 2. The van der Waals surface area contributed by atoms with Crippen LogP contribution >= 0.6 is 0 Å². The summed E-state index contributed by atoms with van der Waals surface area (Å²) in [6.45, 7) is 5.56. The van der Waals surface area contributed by atoms with E-state index in [-0.39, 0.29) is 36.0 Å². The molecular weight excluding hydrogens is 318 g/mol. The van der Waals surface area contributed by atoms with E-state index in [0.29, 0.717) is 32.5 Å². The molecule has 2 aliphatic rings. The molecule has 1 unspecified atom stereocenters. The molecule has 1 atom stereocenters. The van der Waals surface area contributed by atoms with Crippen molar-refractivity contribution in [3.63, 3.8) is 0 Å². The van der Waals surface area contributed by atoms with E-state index in [1.807, 2.05) is 32.0 Å². The van der Waals surface area contributed by atoms with Crippen LogP contribution in [0.25, 0.3) is 0 Å². The fourth-order valence-corrected chi connectivity index (χ4v) is 3.66. The second-order valence-corrected chi connectivity index (χ2v) is 7.18. The lowest BCUT2D eigenvalue weighted by Gasteiger charge is -2.32. The molecule has 0 aliphatic carbocycles. The lowest BCUT2D eigenvalue weighted by molar-refractivity contribution is -0.138. The predicted molar refractivity (Wildman–Crippen MR) is 94.9 cm³/mol. The third-order valence-electron chi connectivity index (χ3n) is 5.49. The Hall–Kier alpha value is -2.37. The molecule has 1 aromatic carbocycles. The highest BCUT2D eigenvalue weighted by Gasteiger charge is 2.38. The average Bonchev–Trinajstić information content (AvgIpc) is 2.98. The van der Waals surface area contributed by atoms with Crippen LogP contribution in [0, 0.1) is 25.7 Å². The van der Waals surface area contributed by atoms with Crippen molar-refractivity contribution in [3.8, 4) is 0 Å². The smallest absolute Gasteiger partial charge is 0.228 e. The highest BCUT2D eigenvalue weighted by atomic mass is 16.2. The second kappa shape index (κ2) is 6.86. The second-order valence-electron chi connectivity index (χ2n) is 7.18. The highest BCUT2D eigenvalue weighted by molar-refractivity contribution is 6.00. The topological polar surface area (TPSA) is 83.7 Å². The fraction of sp³-hybridized carbons (Fsp3) is 0.526. The lowest BCUT2D eigenvalue weighted by Crippen LogP contribution is -2.44. The molecule has 1 aromatic rings. The van der Waals surface area contributed by atoms with Crippen LogP contribution < -0.4 is 10.6 Å². The van der Waals surface area contributed by atoms with Crippen LogP contribution in [0.15, 0.2) is 18.2 Å². The lowest BCUT2D eigenvalue weighted by atomic mass is 9.95. The van der Waals surface area contributed by atoms with Crippen LogP contribution in [-0.2, 0) is 14.4 Å². The summed E-state index contributed by atoms with van der Waals surface area (Å²) in [6, 6.07) is 5.94. The van der Waals surface area contributed by atoms with Gasteiger partial charge in [-0.15, -0.1) is 0 Å². The Kier molecular flexibility index (Phi) is 4.79. The number of carbonyl (C=O) groups excluding carboxylic acids is 3. The highest BCUT2D eigenvalue weighted by Crippen LogP contribution is 2.29. The van der Waals surface area contributed by atoms with Crippen LogP contribution in [0.1, 0.15) is 30.4 Å². The zero-order valence-corrected chi connectivity index (χ0v) is 14.8. The molecule has 3 amide bonds. The molecule has 2 fully saturated rings. The van der Waals surface area contributed by atoms with E-state index >= 15 is 0 Å². The number of hydrogen-bond acceptors (Lipinski definition) is 3. The predicted octanol–water partition coefficient (Wildman–Crippen LogP) is 1.38. The molecule has 0 spiro atoms. The first-order valence-electron chi connectivity index (χ1n) is 8.82. The molecule has 0 saturated carbocycles. The third kappa shape index (κ3) is 3.52. The Balaban J connectivity index is 1.65. The summed E-state index contributed by atoms with van der Waals surface area (Å²) in [5, 5.41) is 0. The van der Waals surface area contributed by atoms with Crippen molar-refractivity contribution >= 4 is 23.4 Å². The fourth-order valence-electron chi connectivity index (χ4n) is 3.66. The maximum absolute atomic E-state index is 12.8. The van der Waals surface area contributed by atoms with Crippen LogP contribution in [-0.4, -0.2) is 42.3 Å². The summed E-state index contributed by atoms with van der Waals surface area (Å²) < 4.78 is 0. The van der Waals surface area contributed by atoms with Gasteiger partial charge in [0.2, 0.25) is 17.7 Å². The third-order valence-corrected chi connectivity index (χ3v) is 5.49. The molecule has 2 heterocycles. The van der Waals surface area contributed by atoms with Crippen LogP contribution in [0.3, 0.4) is 0 Å². The van der Waals surface area contributed by atoms with Gasteiger partial charge in [0.25, 0.3) is 0 Å². The number of nitrogens with two attached hydrogens (primary N) is 1. The Labute approximate surface area is 148 Å². The molecule has 134 valence electrons. The number of anilines is 1. The standard InChI is InChI=1S/C19H25N3O3/c1-12-3-4-16(9-13(12)2)22-11-15(10-17(22)23)19(25)21-7-5-14(6-8-21)18(20)24/h3-4,9,14-15H,5-8,10-11H2,1-2H3,(H2,20,24). The number of likely N-dealkylation sites (tertiary alicyclic amines) is 1. The van der Waals surface area contributed by atoms with Crippen molar-refractivity contribution in [1.82, 2.24) is 4.90 Å². The first kappa shape index (κ1) is 17.5. The quantitative estimate of drug-likeness (QED) is 0.900. The Morgan fingerprint density at radius 1 is 1.08 bits per heavy atom. The van der Waals surface area contributed by atoms with Gasteiger partial charge in [0, 0.05) is 37.7 Å². The summed E-state index contributed by atoms with van der Waals surface area (Å²) in [5.41, 5.74) is 8.51. The minimum absolute atomic E-state index is 0.00590. The summed E-state index contributed by atoms with van der Waals surface area (Å²) in [6.07, 6.45) is 1.48. The number of hydrogen-bond donors (Lipinski definition) is 1. The molecule has 25 heavy (non-hydrogen) atoms. The number of primary amides is 1. The first-order chi connectivity index (χ1) is 11.9. The number of aryl methyl sites for hydroxylation is 2. The molecule has 0 bridgehead atoms. The average molecular weight is 343 g/mol. The zero-order valence-electron chi connectivity index (χ0n) is 14.8. The van der Waals surface area contributed by atoms with Crippen molar-refractivity contribution < 1.29 is 14.4 Å². The van der Waals surface area contributed by atoms with E-state index in [9.17, 15) is 14.4 Å². The van der Waals surface area contributed by atoms with E-state index in [2.05, 4.69) is 0 Å². The number of rotatable bonds is 3. The number of carbonyl (C=O) groups is 3. The van der Waals surface area contributed by atoms with Gasteiger partial charge in [-0.05, 0) is 49.9 Å². The molecule has 0 radical (unpaired) electrons. The van der Waals surface area contributed by atoms with E-state index in [4.69, 9.17) is 5.73 Å². The minimum Gasteiger partial charge on any atom is -0.369 e.